The van der Waals surface area contributed by atoms with Crippen LogP contribution in [-0.4, -0.2) is 60.1 Å². The summed E-state index contributed by atoms with van der Waals surface area (Å²) >= 11 is 0. The molecule has 0 unspecified atom stereocenters. The van der Waals surface area contributed by atoms with Crippen molar-refractivity contribution in [3.63, 3.8) is 0 Å². The van der Waals surface area contributed by atoms with Crippen LogP contribution in [0.2, 0.25) is 0 Å². The SMILES string of the molecule is Cc1cccc(-c2noc(CN(C)C(=O)[C@@H]3CCCN(S(C)(=O)=O)C3)n2)c1. The van der Waals surface area contributed by atoms with Gasteiger partial charge in [0.2, 0.25) is 27.6 Å². The van der Waals surface area contributed by atoms with Gasteiger partial charge in [0.05, 0.1) is 18.7 Å². The van der Waals surface area contributed by atoms with Crippen LogP contribution in [0.25, 0.3) is 11.4 Å². The number of hydrogen-bond acceptors (Lipinski definition) is 6. The molecule has 0 radical (unpaired) electrons. The molecule has 0 bridgehead atoms. The summed E-state index contributed by atoms with van der Waals surface area (Å²) < 4.78 is 30.1. The first-order valence-corrected chi connectivity index (χ1v) is 10.7. The molecule has 0 N–H and O–H groups in total. The zero-order valence-electron chi connectivity index (χ0n) is 15.8. The molecule has 9 heteroatoms. The zero-order chi connectivity index (χ0) is 19.6. The number of amides is 1. The number of nitrogens with zero attached hydrogens (tertiary/aromatic N) is 4. The second kappa shape index (κ2) is 7.77. The highest BCUT2D eigenvalue weighted by atomic mass is 32.2. The summed E-state index contributed by atoms with van der Waals surface area (Å²) in [6.45, 7) is 2.87. The van der Waals surface area contributed by atoms with E-state index in [4.69, 9.17) is 4.52 Å². The lowest BCUT2D eigenvalue weighted by atomic mass is 9.98. The number of carbonyl (C=O) groups is 1. The number of aryl methyl sites for hydroxylation is 1. The number of piperidine rings is 1. The smallest absolute Gasteiger partial charge is 0.246 e. The molecule has 0 saturated carbocycles. The monoisotopic (exact) mass is 392 g/mol. The van der Waals surface area contributed by atoms with Crippen LogP contribution in [0, 0.1) is 12.8 Å². The predicted octanol–water partition coefficient (Wildman–Crippen LogP) is 1.68. The molecule has 1 aliphatic rings. The lowest BCUT2D eigenvalue weighted by Crippen LogP contribution is -2.45. The van der Waals surface area contributed by atoms with E-state index in [0.29, 0.717) is 31.1 Å². The van der Waals surface area contributed by atoms with Gasteiger partial charge in [0.15, 0.2) is 0 Å². The molecular formula is C18H24N4O4S. The number of hydrogen-bond donors (Lipinski definition) is 0. The fraction of sp³-hybridized carbons (Fsp3) is 0.500. The van der Waals surface area contributed by atoms with Gasteiger partial charge < -0.3 is 9.42 Å². The quantitative estimate of drug-likeness (QED) is 0.768. The Labute approximate surface area is 159 Å². The molecule has 1 atom stereocenters. The zero-order valence-corrected chi connectivity index (χ0v) is 16.6. The highest BCUT2D eigenvalue weighted by Crippen LogP contribution is 2.22. The van der Waals surface area contributed by atoms with Gasteiger partial charge in [0, 0.05) is 25.7 Å². The average molecular weight is 392 g/mol. The maximum absolute atomic E-state index is 12.7. The van der Waals surface area contributed by atoms with Gasteiger partial charge in [-0.2, -0.15) is 4.98 Å². The van der Waals surface area contributed by atoms with E-state index in [2.05, 4.69) is 10.1 Å². The standard InChI is InChI=1S/C18H24N4O4S/c1-13-6-4-7-14(10-13)17-19-16(26-20-17)12-21(2)18(23)15-8-5-9-22(11-15)27(3,24)25/h4,6-7,10,15H,5,8-9,11-12H2,1-3H3/t15-/m1/s1. The number of sulfonamides is 1. The van der Waals surface area contributed by atoms with E-state index in [1.165, 1.54) is 15.5 Å². The maximum atomic E-state index is 12.7. The first kappa shape index (κ1) is 19.5. The Bertz CT molecular complexity index is 925. The maximum Gasteiger partial charge on any atom is 0.246 e. The predicted molar refractivity (Wildman–Crippen MR) is 100 cm³/mol. The van der Waals surface area contributed by atoms with Crippen LogP contribution in [0.1, 0.15) is 24.3 Å². The number of carbonyl (C=O) groups excluding carboxylic acids is 1. The van der Waals surface area contributed by atoms with E-state index in [0.717, 1.165) is 11.1 Å². The molecule has 27 heavy (non-hydrogen) atoms. The average Bonchev–Trinajstić information content (AvgIpc) is 3.09. The van der Waals surface area contributed by atoms with Crippen LogP contribution in [0.3, 0.4) is 0 Å². The minimum atomic E-state index is -3.29. The van der Waals surface area contributed by atoms with Crippen LogP contribution in [-0.2, 0) is 21.4 Å². The molecule has 146 valence electrons. The molecule has 0 aliphatic carbocycles. The van der Waals surface area contributed by atoms with Gasteiger partial charge >= 0.3 is 0 Å². The van der Waals surface area contributed by atoms with Crippen molar-refractivity contribution in [1.82, 2.24) is 19.3 Å². The summed E-state index contributed by atoms with van der Waals surface area (Å²) in [6, 6.07) is 7.78. The van der Waals surface area contributed by atoms with Crippen LogP contribution >= 0.6 is 0 Å². The topological polar surface area (TPSA) is 96.6 Å². The largest absolute Gasteiger partial charge is 0.337 e. The Morgan fingerprint density at radius 1 is 1.41 bits per heavy atom. The van der Waals surface area contributed by atoms with Crippen molar-refractivity contribution in [3.05, 3.63) is 35.7 Å². The van der Waals surface area contributed by atoms with E-state index < -0.39 is 10.0 Å². The van der Waals surface area contributed by atoms with Gasteiger partial charge in [-0.05, 0) is 25.8 Å². The van der Waals surface area contributed by atoms with Gasteiger partial charge in [-0.15, -0.1) is 0 Å². The molecule has 1 saturated heterocycles. The molecule has 1 aromatic heterocycles. The first-order valence-electron chi connectivity index (χ1n) is 8.84. The molecule has 2 aromatic rings. The van der Waals surface area contributed by atoms with E-state index in [-0.39, 0.29) is 24.9 Å². The molecule has 3 rings (SSSR count). The minimum Gasteiger partial charge on any atom is -0.337 e. The molecule has 1 aliphatic heterocycles. The summed E-state index contributed by atoms with van der Waals surface area (Å²) in [6.07, 6.45) is 2.53. The summed E-state index contributed by atoms with van der Waals surface area (Å²) in [5.74, 6) is 0.366. The molecule has 1 amide bonds. The molecule has 8 nitrogen and oxygen atoms in total. The van der Waals surface area contributed by atoms with Crippen LogP contribution in [0.5, 0.6) is 0 Å². The Morgan fingerprint density at radius 2 is 2.19 bits per heavy atom. The van der Waals surface area contributed by atoms with Crippen molar-refractivity contribution in [2.24, 2.45) is 5.92 Å². The third-order valence-electron chi connectivity index (χ3n) is 4.70. The van der Waals surface area contributed by atoms with Gasteiger partial charge in [0.1, 0.15) is 0 Å². The number of benzene rings is 1. The van der Waals surface area contributed by atoms with Gasteiger partial charge in [-0.1, -0.05) is 28.9 Å². The molecule has 1 fully saturated rings. The molecule has 2 heterocycles. The van der Waals surface area contributed by atoms with Crippen molar-refractivity contribution in [3.8, 4) is 11.4 Å². The third-order valence-corrected chi connectivity index (χ3v) is 5.97. The Kier molecular flexibility index (Phi) is 5.61. The van der Waals surface area contributed by atoms with Gasteiger partial charge in [-0.25, -0.2) is 12.7 Å². The van der Waals surface area contributed by atoms with E-state index in [9.17, 15) is 13.2 Å². The Hall–Kier alpha value is -2.26. The fourth-order valence-corrected chi connectivity index (χ4v) is 4.17. The van der Waals surface area contributed by atoms with Crippen molar-refractivity contribution < 1.29 is 17.7 Å². The van der Waals surface area contributed by atoms with Crippen LogP contribution in [0.15, 0.2) is 28.8 Å². The van der Waals surface area contributed by atoms with Crippen molar-refractivity contribution >= 4 is 15.9 Å². The normalized spacial score (nSPS) is 18.4. The van der Waals surface area contributed by atoms with Gasteiger partial charge in [0.25, 0.3) is 0 Å². The fourth-order valence-electron chi connectivity index (χ4n) is 3.26. The lowest BCUT2D eigenvalue weighted by Gasteiger charge is -2.32. The summed E-state index contributed by atoms with van der Waals surface area (Å²) in [5.41, 5.74) is 1.95. The molecular weight excluding hydrogens is 368 g/mol. The summed E-state index contributed by atoms with van der Waals surface area (Å²) in [7, 11) is -1.62. The van der Waals surface area contributed by atoms with E-state index in [1.54, 1.807) is 7.05 Å². The third kappa shape index (κ3) is 4.72. The second-order valence-electron chi connectivity index (χ2n) is 7.04. The number of aromatic nitrogens is 2. The highest BCUT2D eigenvalue weighted by Gasteiger charge is 2.32. The van der Waals surface area contributed by atoms with Crippen molar-refractivity contribution in [2.45, 2.75) is 26.3 Å². The summed E-state index contributed by atoms with van der Waals surface area (Å²) in [5, 5.41) is 3.99. The van der Waals surface area contributed by atoms with E-state index in [1.807, 2.05) is 31.2 Å². The molecule has 0 spiro atoms. The van der Waals surface area contributed by atoms with Gasteiger partial charge in [-0.3, -0.25) is 4.79 Å². The second-order valence-corrected chi connectivity index (χ2v) is 9.02. The lowest BCUT2D eigenvalue weighted by molar-refractivity contribution is -0.136. The van der Waals surface area contributed by atoms with Crippen molar-refractivity contribution in [1.29, 1.82) is 0 Å². The highest BCUT2D eigenvalue weighted by molar-refractivity contribution is 7.88. The molecule has 1 aromatic carbocycles. The van der Waals surface area contributed by atoms with E-state index >= 15 is 0 Å². The van der Waals surface area contributed by atoms with Crippen molar-refractivity contribution in [2.75, 3.05) is 26.4 Å². The Morgan fingerprint density at radius 3 is 2.89 bits per heavy atom. The summed E-state index contributed by atoms with van der Waals surface area (Å²) in [4.78, 5) is 18.6. The Balaban J connectivity index is 1.65. The first-order chi connectivity index (χ1) is 12.7. The minimum absolute atomic E-state index is 0.112. The number of rotatable bonds is 5. The van der Waals surface area contributed by atoms with Crippen LogP contribution < -0.4 is 0 Å². The van der Waals surface area contributed by atoms with Crippen LogP contribution in [0.4, 0.5) is 0 Å².